The highest BCUT2D eigenvalue weighted by Gasteiger charge is 2.34. The van der Waals surface area contributed by atoms with Crippen LogP contribution in [0.4, 0.5) is 5.69 Å². The van der Waals surface area contributed by atoms with E-state index in [0.717, 1.165) is 0 Å². The molecule has 2 amide bonds. The van der Waals surface area contributed by atoms with Crippen LogP contribution in [0.25, 0.3) is 0 Å². The van der Waals surface area contributed by atoms with Gasteiger partial charge in [0.25, 0.3) is 11.8 Å². The lowest BCUT2D eigenvalue weighted by Crippen LogP contribution is -2.30. The Bertz CT molecular complexity index is 647. The molecule has 2 atom stereocenters. The summed E-state index contributed by atoms with van der Waals surface area (Å²) in [4.78, 5) is 36.2. The number of hydrogen-bond acceptors (Lipinski definition) is 4. The minimum absolute atomic E-state index is 0.220. The van der Waals surface area contributed by atoms with E-state index >= 15 is 0 Å². The van der Waals surface area contributed by atoms with Crippen LogP contribution in [0.3, 0.4) is 0 Å². The third-order valence-corrected chi connectivity index (χ3v) is 3.77. The molecule has 0 bridgehead atoms. The molecule has 1 aromatic carbocycles. The van der Waals surface area contributed by atoms with Gasteiger partial charge in [-0.3, -0.25) is 9.59 Å². The molecule has 2 N–H and O–H groups in total. The van der Waals surface area contributed by atoms with Crippen LogP contribution in [-0.2, 0) is 14.3 Å². The van der Waals surface area contributed by atoms with E-state index in [1.165, 1.54) is 17.0 Å². The number of aliphatic carboxylic acids is 1. The number of carboxylic acid groups (broad SMARTS) is 1. The van der Waals surface area contributed by atoms with Crippen LogP contribution in [0.5, 0.6) is 0 Å². The van der Waals surface area contributed by atoms with Crippen molar-refractivity contribution in [3.8, 4) is 0 Å². The number of carbonyl (C=O) groups is 3. The minimum atomic E-state index is -1.07. The van der Waals surface area contributed by atoms with Gasteiger partial charge < -0.3 is 20.1 Å². The topological polar surface area (TPSA) is 95.9 Å². The molecule has 8 heteroatoms. The fourth-order valence-electron chi connectivity index (χ4n) is 2.24. The fourth-order valence-corrected chi connectivity index (χ4v) is 2.50. The molecule has 1 saturated heterocycles. The number of carboxylic acids is 1. The predicted molar refractivity (Wildman–Crippen MR) is 83.6 cm³/mol. The van der Waals surface area contributed by atoms with Crippen molar-refractivity contribution < 1.29 is 24.2 Å². The Morgan fingerprint density at radius 3 is 2.43 bits per heavy atom. The van der Waals surface area contributed by atoms with Crippen molar-refractivity contribution in [2.24, 2.45) is 0 Å². The summed E-state index contributed by atoms with van der Waals surface area (Å²) in [5.74, 6) is -1.75. The molecule has 0 spiro atoms. The third kappa shape index (κ3) is 4.00. The number of ether oxygens (including phenoxy) is 1. The fraction of sp³-hybridized carbons (Fsp3) is 0.400. The zero-order valence-corrected chi connectivity index (χ0v) is 13.5. The molecule has 1 heterocycles. The second kappa shape index (κ2) is 6.97. The second-order valence-electron chi connectivity index (χ2n) is 5.41. The highest BCUT2D eigenvalue weighted by molar-refractivity contribution is 6.34. The number of carbonyl (C=O) groups excluding carboxylic acids is 2. The molecule has 0 unspecified atom stereocenters. The lowest BCUT2D eigenvalue weighted by molar-refractivity contribution is -0.150. The molecule has 7 nitrogen and oxygen atoms in total. The molecule has 2 rings (SSSR count). The Kier molecular flexibility index (Phi) is 5.23. The lowest BCUT2D eigenvalue weighted by Gasteiger charge is -2.14. The molecule has 0 saturated carbocycles. The summed E-state index contributed by atoms with van der Waals surface area (Å²) >= 11 is 6.07. The van der Waals surface area contributed by atoms with Crippen molar-refractivity contribution >= 4 is 35.1 Å². The summed E-state index contributed by atoms with van der Waals surface area (Å²) in [7, 11) is 3.23. The Morgan fingerprint density at radius 2 is 1.91 bits per heavy atom. The lowest BCUT2D eigenvalue weighted by atomic mass is 10.1. The number of halogens is 1. The first-order valence-electron chi connectivity index (χ1n) is 7.00. The van der Waals surface area contributed by atoms with Gasteiger partial charge in [-0.2, -0.15) is 0 Å². The van der Waals surface area contributed by atoms with Crippen molar-refractivity contribution in [1.82, 2.24) is 4.90 Å². The first kappa shape index (κ1) is 17.2. The van der Waals surface area contributed by atoms with Crippen LogP contribution in [0, 0.1) is 0 Å². The van der Waals surface area contributed by atoms with Gasteiger partial charge >= 0.3 is 5.97 Å². The summed E-state index contributed by atoms with van der Waals surface area (Å²) in [5.41, 5.74) is 0.746. The van der Waals surface area contributed by atoms with Gasteiger partial charge in [0.1, 0.15) is 6.10 Å². The van der Waals surface area contributed by atoms with E-state index < -0.39 is 24.1 Å². The maximum absolute atomic E-state index is 12.1. The van der Waals surface area contributed by atoms with Crippen LogP contribution in [0.1, 0.15) is 23.2 Å². The van der Waals surface area contributed by atoms with Crippen molar-refractivity contribution in [2.45, 2.75) is 25.0 Å². The molecular weight excluding hydrogens is 324 g/mol. The number of rotatable bonds is 4. The molecule has 1 fully saturated rings. The number of nitrogens with one attached hydrogen (secondary N) is 1. The van der Waals surface area contributed by atoms with Gasteiger partial charge in [0.15, 0.2) is 6.10 Å². The van der Waals surface area contributed by atoms with Gasteiger partial charge in [-0.25, -0.2) is 4.79 Å². The van der Waals surface area contributed by atoms with Crippen LogP contribution >= 0.6 is 11.6 Å². The molecule has 23 heavy (non-hydrogen) atoms. The van der Waals surface area contributed by atoms with Gasteiger partial charge in [-0.15, -0.1) is 0 Å². The Balaban J connectivity index is 2.04. The Hall–Kier alpha value is -2.12. The van der Waals surface area contributed by atoms with Gasteiger partial charge in [-0.05, 0) is 31.0 Å². The van der Waals surface area contributed by atoms with E-state index in [0.29, 0.717) is 24.1 Å². The summed E-state index contributed by atoms with van der Waals surface area (Å²) in [6.07, 6.45) is -1.12. The standard InChI is InChI=1S/C15H17ClN2O5/c1-18(2)14(20)9-4-3-8(7-10(9)16)17-13(19)11-5-6-12(23-11)15(21)22/h3-4,7,11-12H,5-6H2,1-2H3,(H,17,19)(H,21,22)/t11-,12+/m0/s1. The van der Waals surface area contributed by atoms with E-state index in [2.05, 4.69) is 5.32 Å². The van der Waals surface area contributed by atoms with Crippen molar-refractivity contribution in [3.05, 3.63) is 28.8 Å². The quantitative estimate of drug-likeness (QED) is 0.868. The highest BCUT2D eigenvalue weighted by Crippen LogP contribution is 2.24. The van der Waals surface area contributed by atoms with E-state index in [9.17, 15) is 14.4 Å². The first-order valence-corrected chi connectivity index (χ1v) is 7.37. The van der Waals surface area contributed by atoms with Gasteiger partial charge in [0.05, 0.1) is 10.6 Å². The number of anilines is 1. The molecule has 0 aromatic heterocycles. The van der Waals surface area contributed by atoms with Crippen molar-refractivity contribution in [2.75, 3.05) is 19.4 Å². The highest BCUT2D eigenvalue weighted by atomic mass is 35.5. The summed E-state index contributed by atoms with van der Waals surface area (Å²) in [6.45, 7) is 0. The van der Waals surface area contributed by atoms with Crippen LogP contribution in [0.15, 0.2) is 18.2 Å². The SMILES string of the molecule is CN(C)C(=O)c1ccc(NC(=O)[C@@H]2CC[C@H](C(=O)O)O2)cc1Cl. The monoisotopic (exact) mass is 340 g/mol. The van der Waals surface area contributed by atoms with Crippen molar-refractivity contribution in [3.63, 3.8) is 0 Å². The van der Waals surface area contributed by atoms with Gasteiger partial charge in [0, 0.05) is 19.8 Å². The average Bonchev–Trinajstić information content (AvgIpc) is 2.96. The largest absolute Gasteiger partial charge is 0.479 e. The first-order chi connectivity index (χ1) is 10.8. The zero-order valence-electron chi connectivity index (χ0n) is 12.7. The number of amides is 2. The van der Waals surface area contributed by atoms with Crippen LogP contribution in [0.2, 0.25) is 5.02 Å². The summed E-state index contributed by atoms with van der Waals surface area (Å²) < 4.78 is 5.18. The Morgan fingerprint density at radius 1 is 1.26 bits per heavy atom. The normalized spacial score (nSPS) is 20.1. The second-order valence-corrected chi connectivity index (χ2v) is 5.82. The van der Waals surface area contributed by atoms with Gasteiger partial charge in [-0.1, -0.05) is 11.6 Å². The molecule has 0 aliphatic carbocycles. The third-order valence-electron chi connectivity index (χ3n) is 3.46. The molecule has 1 aliphatic rings. The van der Waals surface area contributed by atoms with E-state index in [-0.39, 0.29) is 10.9 Å². The predicted octanol–water partition coefficient (Wildman–Crippen LogP) is 1.61. The Labute approximate surface area is 138 Å². The van der Waals surface area contributed by atoms with E-state index in [1.807, 2.05) is 0 Å². The molecule has 1 aromatic rings. The maximum atomic E-state index is 12.1. The smallest absolute Gasteiger partial charge is 0.332 e. The summed E-state index contributed by atoms with van der Waals surface area (Å²) in [6, 6.07) is 4.56. The van der Waals surface area contributed by atoms with Gasteiger partial charge in [0.2, 0.25) is 0 Å². The average molecular weight is 341 g/mol. The molecule has 124 valence electrons. The number of hydrogen-bond donors (Lipinski definition) is 2. The summed E-state index contributed by atoms with van der Waals surface area (Å²) in [5, 5.41) is 11.7. The zero-order chi connectivity index (χ0) is 17.1. The number of benzene rings is 1. The molecule has 0 radical (unpaired) electrons. The van der Waals surface area contributed by atoms with Crippen LogP contribution < -0.4 is 5.32 Å². The molecular formula is C15H17ClN2O5. The molecule has 1 aliphatic heterocycles. The minimum Gasteiger partial charge on any atom is -0.479 e. The number of nitrogens with zero attached hydrogens (tertiary/aromatic N) is 1. The van der Waals surface area contributed by atoms with E-state index in [1.54, 1.807) is 20.2 Å². The maximum Gasteiger partial charge on any atom is 0.332 e. The van der Waals surface area contributed by atoms with E-state index in [4.69, 9.17) is 21.4 Å². The van der Waals surface area contributed by atoms with Crippen LogP contribution in [-0.4, -0.2) is 54.1 Å². The van der Waals surface area contributed by atoms with Crippen molar-refractivity contribution in [1.29, 1.82) is 0 Å².